The van der Waals surface area contributed by atoms with Crippen LogP contribution in [0.1, 0.15) is 79.8 Å². The Hall–Kier alpha value is -0.300. The van der Waals surface area contributed by atoms with Gasteiger partial charge in [-0.15, -0.1) is 0 Å². The van der Waals surface area contributed by atoms with Gasteiger partial charge in [0.05, 0.1) is 0 Å². The van der Waals surface area contributed by atoms with Gasteiger partial charge in [-0.2, -0.15) is 0 Å². The minimum absolute atomic E-state index is 0.342. The van der Waals surface area contributed by atoms with Gasteiger partial charge in [-0.25, -0.2) is 0 Å². The molecule has 0 N–H and O–H groups in total. The fourth-order valence-electron chi connectivity index (χ4n) is 3.81. The molecule has 0 heterocycles. The molecule has 1 aromatic carbocycles. The van der Waals surface area contributed by atoms with Gasteiger partial charge >= 0.3 is 0 Å². The summed E-state index contributed by atoms with van der Waals surface area (Å²) < 4.78 is 0. The van der Waals surface area contributed by atoms with Crippen LogP contribution in [0.15, 0.2) is 18.2 Å². The third-order valence-electron chi connectivity index (χ3n) is 4.91. The fourth-order valence-corrected chi connectivity index (χ4v) is 5.00. The van der Waals surface area contributed by atoms with Crippen LogP contribution in [0.4, 0.5) is 0 Å². The van der Waals surface area contributed by atoms with Gasteiger partial charge in [-0.1, -0.05) is 67.2 Å². The van der Waals surface area contributed by atoms with E-state index in [2.05, 4.69) is 48.0 Å². The molecular weight excluding hydrogens is 284 g/mol. The Morgan fingerprint density at radius 3 is 2.56 bits per heavy atom. The van der Waals surface area contributed by atoms with Crippen molar-refractivity contribution in [1.29, 1.82) is 0 Å². The van der Waals surface area contributed by atoms with E-state index in [1.807, 2.05) is 0 Å². The van der Waals surface area contributed by atoms with Crippen molar-refractivity contribution in [3.63, 3.8) is 0 Å². The van der Waals surface area contributed by atoms with Gasteiger partial charge in [0.1, 0.15) is 0 Å². The molecule has 1 atom stereocenters. The highest BCUT2D eigenvalue weighted by Crippen LogP contribution is 2.49. The molecule has 0 aliphatic heterocycles. The number of hydrogen-bond donors (Lipinski definition) is 0. The number of fused-ring (bicyclic) bond motifs is 1. The average Bonchev–Trinajstić information content (AvgIpc) is 2.61. The van der Waals surface area contributed by atoms with Crippen LogP contribution in [0.3, 0.4) is 0 Å². The maximum absolute atomic E-state index is 3.87. The molecular formula is C17H23Br. The minimum Gasteiger partial charge on any atom is -0.0838 e. The van der Waals surface area contributed by atoms with Crippen LogP contribution in [-0.4, -0.2) is 0 Å². The molecule has 1 heteroatoms. The molecule has 0 nitrogen and oxygen atoms in total. The predicted octanol–water partition coefficient (Wildman–Crippen LogP) is 5.85. The topological polar surface area (TPSA) is 0 Å². The van der Waals surface area contributed by atoms with Crippen molar-refractivity contribution in [3.05, 3.63) is 34.9 Å². The highest BCUT2D eigenvalue weighted by molar-refractivity contribution is 9.09. The molecule has 0 spiro atoms. The molecule has 0 amide bonds. The largest absolute Gasteiger partial charge is 0.0838 e. The average molecular weight is 307 g/mol. The van der Waals surface area contributed by atoms with Crippen LogP contribution in [0.25, 0.3) is 0 Å². The molecule has 1 unspecified atom stereocenters. The van der Waals surface area contributed by atoms with Gasteiger partial charge in [-0.3, -0.25) is 0 Å². The molecule has 18 heavy (non-hydrogen) atoms. The molecule has 98 valence electrons. The molecule has 0 saturated heterocycles. The number of alkyl halides is 1. The summed E-state index contributed by atoms with van der Waals surface area (Å²) in [6.45, 7) is 4.74. The third kappa shape index (κ3) is 2.15. The zero-order valence-electron chi connectivity index (χ0n) is 11.5. The zero-order chi connectivity index (χ0) is 12.8. The molecule has 1 aromatic rings. The maximum Gasteiger partial charge on any atom is 0.0406 e. The Kier molecular flexibility index (Phi) is 3.30. The van der Waals surface area contributed by atoms with Crippen molar-refractivity contribution < 1.29 is 0 Å². The lowest BCUT2D eigenvalue weighted by atomic mass is 9.81. The van der Waals surface area contributed by atoms with Crippen LogP contribution >= 0.6 is 15.9 Å². The summed E-state index contributed by atoms with van der Waals surface area (Å²) in [7, 11) is 0. The van der Waals surface area contributed by atoms with E-state index >= 15 is 0 Å². The fraction of sp³-hybridized carbons (Fsp3) is 0.647. The van der Waals surface area contributed by atoms with Crippen molar-refractivity contribution in [2.24, 2.45) is 0 Å². The van der Waals surface area contributed by atoms with E-state index in [1.165, 1.54) is 38.5 Å². The van der Waals surface area contributed by atoms with Crippen molar-refractivity contribution in [2.75, 3.05) is 0 Å². The number of benzene rings is 1. The Bertz CT molecular complexity index is 441. The first kappa shape index (κ1) is 12.7. The van der Waals surface area contributed by atoms with Crippen molar-refractivity contribution in [1.82, 2.24) is 0 Å². The monoisotopic (exact) mass is 306 g/mol. The van der Waals surface area contributed by atoms with Gasteiger partial charge in [0.2, 0.25) is 0 Å². The van der Waals surface area contributed by atoms with Gasteiger partial charge in [0.25, 0.3) is 0 Å². The van der Waals surface area contributed by atoms with Crippen LogP contribution < -0.4 is 0 Å². The summed E-state index contributed by atoms with van der Waals surface area (Å²) in [6.07, 6.45) is 8.31. The molecule has 2 aliphatic carbocycles. The maximum atomic E-state index is 3.87. The van der Waals surface area contributed by atoms with Crippen LogP contribution in [0.2, 0.25) is 0 Å². The van der Waals surface area contributed by atoms with Gasteiger partial charge in [0, 0.05) is 4.83 Å². The standard InChI is InChI=1S/C17H23Br/c1-17(2)11-16(18)14-10-13(8-9-15(14)17)12-6-4-3-5-7-12/h8-10,12,16H,3-7,11H2,1-2H3. The zero-order valence-corrected chi connectivity index (χ0v) is 13.1. The molecule has 1 saturated carbocycles. The number of rotatable bonds is 1. The quantitative estimate of drug-likeness (QED) is 0.571. The van der Waals surface area contributed by atoms with Crippen molar-refractivity contribution in [3.8, 4) is 0 Å². The van der Waals surface area contributed by atoms with E-state index in [9.17, 15) is 0 Å². The molecule has 0 aromatic heterocycles. The second kappa shape index (κ2) is 4.67. The third-order valence-corrected chi connectivity index (χ3v) is 5.73. The Morgan fingerprint density at radius 1 is 1.11 bits per heavy atom. The van der Waals surface area contributed by atoms with E-state index in [0.29, 0.717) is 10.2 Å². The van der Waals surface area contributed by atoms with E-state index in [-0.39, 0.29) is 0 Å². The van der Waals surface area contributed by atoms with Crippen molar-refractivity contribution in [2.45, 2.75) is 68.5 Å². The number of hydrogen-bond acceptors (Lipinski definition) is 0. The lowest BCUT2D eigenvalue weighted by Gasteiger charge is -2.24. The summed E-state index contributed by atoms with van der Waals surface area (Å²) in [5.74, 6) is 0.826. The summed E-state index contributed by atoms with van der Waals surface area (Å²) in [4.78, 5) is 0.561. The molecule has 1 fully saturated rings. The lowest BCUT2D eigenvalue weighted by molar-refractivity contribution is 0.443. The summed E-state index contributed by atoms with van der Waals surface area (Å²) in [6, 6.07) is 7.31. The normalized spacial score (nSPS) is 27.2. The Balaban J connectivity index is 1.94. The smallest absolute Gasteiger partial charge is 0.0406 e. The molecule has 0 radical (unpaired) electrons. The van der Waals surface area contributed by atoms with Gasteiger partial charge in [-0.05, 0) is 47.3 Å². The molecule has 0 bridgehead atoms. The predicted molar refractivity (Wildman–Crippen MR) is 81.6 cm³/mol. The van der Waals surface area contributed by atoms with Crippen LogP contribution in [0.5, 0.6) is 0 Å². The lowest BCUT2D eigenvalue weighted by Crippen LogP contribution is -2.12. The molecule has 3 rings (SSSR count). The second-order valence-electron chi connectivity index (χ2n) is 6.74. The van der Waals surface area contributed by atoms with E-state index in [1.54, 1.807) is 16.7 Å². The van der Waals surface area contributed by atoms with Crippen LogP contribution in [-0.2, 0) is 5.41 Å². The van der Waals surface area contributed by atoms with E-state index < -0.39 is 0 Å². The summed E-state index contributed by atoms with van der Waals surface area (Å²) in [5, 5.41) is 0. The van der Waals surface area contributed by atoms with E-state index in [4.69, 9.17) is 0 Å². The van der Waals surface area contributed by atoms with Crippen molar-refractivity contribution >= 4 is 15.9 Å². The Labute approximate surface area is 119 Å². The first-order valence-corrected chi connectivity index (χ1v) is 8.28. The van der Waals surface area contributed by atoms with Gasteiger partial charge in [0.15, 0.2) is 0 Å². The Morgan fingerprint density at radius 2 is 1.83 bits per heavy atom. The molecule has 2 aliphatic rings. The first-order chi connectivity index (χ1) is 8.58. The first-order valence-electron chi connectivity index (χ1n) is 7.36. The number of halogens is 1. The van der Waals surface area contributed by atoms with E-state index in [0.717, 1.165) is 5.92 Å². The van der Waals surface area contributed by atoms with Gasteiger partial charge < -0.3 is 0 Å². The SMILES string of the molecule is CC1(C)CC(Br)c2cc(C3CCCCC3)ccc21. The second-order valence-corrected chi connectivity index (χ2v) is 7.84. The highest BCUT2D eigenvalue weighted by Gasteiger charge is 2.35. The summed E-state index contributed by atoms with van der Waals surface area (Å²) >= 11 is 3.87. The van der Waals surface area contributed by atoms with Crippen LogP contribution in [0, 0.1) is 0 Å². The summed E-state index contributed by atoms with van der Waals surface area (Å²) in [5.41, 5.74) is 5.05. The minimum atomic E-state index is 0.342. The highest BCUT2D eigenvalue weighted by atomic mass is 79.9.